The standard InChI is InChI=1S/C17H16N4O.C9H6O2.C8H12N4.2ClH.FH/c22-16(8-7-15-5-2-1-3-6-15)20-11-13-21(14-12-20)17-18-9-4-10-19-17;10-9(11)7-6-8-4-2-1-3-5-8;1-2-10-8(11-3-1)12-6-4-9-5-7-12;;;/h1-6,9-10H,11-14H2;1-5H,(H,10,11);1-3,9H,4-7H2;3*1H. The molecule has 1 amide bonds. The Bertz CT molecular complexity index is 1610. The number of carboxylic acids is 1. The number of benzene rings is 2. The third-order valence-electron chi connectivity index (χ3n) is 6.53. The number of aliphatic carboxylic acids is 1. The molecule has 11 nitrogen and oxygen atoms in total. The quantitative estimate of drug-likeness (QED) is 0.302. The smallest absolute Gasteiger partial charge is 0.382 e. The number of aromatic nitrogens is 4. The van der Waals surface area contributed by atoms with Crippen LogP contribution in [0.15, 0.2) is 97.6 Å². The predicted molar refractivity (Wildman–Crippen MR) is 189 cm³/mol. The van der Waals surface area contributed by atoms with E-state index in [-0.39, 0.29) is 35.4 Å². The minimum Gasteiger partial charge on any atom is -0.472 e. The van der Waals surface area contributed by atoms with Crippen LogP contribution >= 0.6 is 24.8 Å². The molecule has 14 heteroatoms. The molecule has 48 heavy (non-hydrogen) atoms. The molecular formula is C34H37Cl2FN8O3. The number of piperazine rings is 2. The summed E-state index contributed by atoms with van der Waals surface area (Å²) in [4.78, 5) is 45.0. The Labute approximate surface area is 292 Å². The number of carbonyl (C=O) groups is 2. The highest BCUT2D eigenvalue weighted by atomic mass is 35.5. The van der Waals surface area contributed by atoms with Gasteiger partial charge in [0.2, 0.25) is 11.9 Å². The molecular weight excluding hydrogens is 658 g/mol. The molecule has 0 spiro atoms. The Hall–Kier alpha value is -5.27. The lowest BCUT2D eigenvalue weighted by molar-refractivity contribution is -0.130. The number of nitrogens with zero attached hydrogens (tertiary/aromatic N) is 7. The van der Waals surface area contributed by atoms with Crippen molar-refractivity contribution in [3.63, 3.8) is 0 Å². The number of carbonyl (C=O) groups excluding carboxylic acids is 1. The highest BCUT2D eigenvalue weighted by Gasteiger charge is 2.21. The molecule has 0 radical (unpaired) electrons. The molecule has 2 aromatic heterocycles. The van der Waals surface area contributed by atoms with Crippen molar-refractivity contribution in [3.05, 3.63) is 109 Å². The van der Waals surface area contributed by atoms with E-state index in [9.17, 15) is 9.59 Å². The molecule has 2 fully saturated rings. The topological polar surface area (TPSA) is 128 Å². The molecule has 252 valence electrons. The first-order valence-corrected chi connectivity index (χ1v) is 14.5. The lowest BCUT2D eigenvalue weighted by Gasteiger charge is -2.33. The average Bonchev–Trinajstić information content (AvgIpc) is 3.12. The van der Waals surface area contributed by atoms with Crippen LogP contribution in [0.2, 0.25) is 0 Å². The molecule has 2 saturated heterocycles. The van der Waals surface area contributed by atoms with E-state index in [1.807, 2.05) is 60.5 Å². The highest BCUT2D eigenvalue weighted by molar-refractivity contribution is 5.94. The molecule has 2 N–H and O–H groups in total. The third-order valence-corrected chi connectivity index (χ3v) is 6.53. The fraction of sp³-hybridized carbons (Fsp3) is 0.235. The number of rotatable bonds is 2. The summed E-state index contributed by atoms with van der Waals surface area (Å²) in [6, 6.07) is 22.2. The summed E-state index contributed by atoms with van der Waals surface area (Å²) in [7, 11) is 0. The number of hydrogen-bond acceptors (Lipinski definition) is 9. The minimum absolute atomic E-state index is 0. The summed E-state index contributed by atoms with van der Waals surface area (Å²) < 4.78 is 0. The molecule has 0 bridgehead atoms. The summed E-state index contributed by atoms with van der Waals surface area (Å²) in [6.45, 7) is 6.79. The van der Waals surface area contributed by atoms with Gasteiger partial charge in [0, 0.05) is 100 Å². The van der Waals surface area contributed by atoms with Gasteiger partial charge < -0.3 is 25.1 Å². The maximum atomic E-state index is 12.1. The minimum atomic E-state index is -1.10. The predicted octanol–water partition coefficient (Wildman–Crippen LogP) is 3.18. The van der Waals surface area contributed by atoms with Crippen molar-refractivity contribution in [3.8, 4) is 23.7 Å². The third kappa shape index (κ3) is 14.4. The van der Waals surface area contributed by atoms with Crippen molar-refractivity contribution in [2.24, 2.45) is 0 Å². The molecule has 2 aromatic carbocycles. The summed E-state index contributed by atoms with van der Waals surface area (Å²) in [6.07, 6.45) is 7.02. The summed E-state index contributed by atoms with van der Waals surface area (Å²) in [5.74, 6) is 10.5. The Morgan fingerprint density at radius 3 is 1.46 bits per heavy atom. The monoisotopic (exact) mass is 694 g/mol. The zero-order valence-corrected chi connectivity index (χ0v) is 27.6. The summed E-state index contributed by atoms with van der Waals surface area (Å²) in [5, 5.41) is 11.5. The van der Waals surface area contributed by atoms with E-state index < -0.39 is 5.97 Å². The molecule has 2 aliphatic rings. The lowest BCUT2D eigenvalue weighted by atomic mass is 10.2. The zero-order chi connectivity index (χ0) is 31.5. The normalized spacial score (nSPS) is 12.8. The zero-order valence-electron chi connectivity index (χ0n) is 26.0. The van der Waals surface area contributed by atoms with E-state index >= 15 is 0 Å². The fourth-order valence-corrected chi connectivity index (χ4v) is 4.26. The number of nitrogens with one attached hydrogen (secondary N) is 1. The molecule has 0 aliphatic carbocycles. The maximum Gasteiger partial charge on any atom is 0.382 e. The van der Waals surface area contributed by atoms with Gasteiger partial charge in [-0.1, -0.05) is 48.2 Å². The highest BCUT2D eigenvalue weighted by Crippen LogP contribution is 2.10. The Balaban J connectivity index is 0.000000380. The van der Waals surface area contributed by atoms with Crippen molar-refractivity contribution in [1.82, 2.24) is 30.2 Å². The van der Waals surface area contributed by atoms with Crippen LogP contribution in [-0.2, 0) is 9.59 Å². The van der Waals surface area contributed by atoms with Crippen molar-refractivity contribution in [2.45, 2.75) is 0 Å². The second kappa shape index (κ2) is 23.1. The largest absolute Gasteiger partial charge is 0.472 e. The van der Waals surface area contributed by atoms with Gasteiger partial charge in [0.15, 0.2) is 0 Å². The van der Waals surface area contributed by atoms with E-state index in [2.05, 4.69) is 52.8 Å². The SMILES string of the molecule is Cl.Cl.F.O=C(C#Cc1ccccc1)N1CCN(c2ncccn2)CC1.O=C(O)C#Cc1ccccc1.c1cnc(N2CCNCC2)nc1. The van der Waals surface area contributed by atoms with Gasteiger partial charge in [-0.15, -0.1) is 24.8 Å². The van der Waals surface area contributed by atoms with Crippen LogP contribution in [-0.4, -0.2) is 94.2 Å². The van der Waals surface area contributed by atoms with Crippen molar-refractivity contribution in [1.29, 1.82) is 0 Å². The second-order valence-corrected chi connectivity index (χ2v) is 9.65. The molecule has 6 rings (SSSR count). The molecule has 4 aromatic rings. The number of anilines is 2. The molecule has 0 atom stereocenters. The van der Waals surface area contributed by atoms with E-state index in [1.54, 1.807) is 47.9 Å². The lowest BCUT2D eigenvalue weighted by Crippen LogP contribution is -2.49. The van der Waals surface area contributed by atoms with Crippen LogP contribution in [0.4, 0.5) is 16.6 Å². The van der Waals surface area contributed by atoms with E-state index in [0.717, 1.165) is 56.3 Å². The van der Waals surface area contributed by atoms with E-state index in [0.29, 0.717) is 19.0 Å². The molecule has 0 saturated carbocycles. The van der Waals surface area contributed by atoms with Gasteiger partial charge in [-0.2, -0.15) is 0 Å². The number of amides is 1. The van der Waals surface area contributed by atoms with E-state index in [1.165, 1.54) is 0 Å². The molecule has 4 heterocycles. The van der Waals surface area contributed by atoms with Gasteiger partial charge in [-0.25, -0.2) is 24.7 Å². The maximum absolute atomic E-state index is 12.1. The van der Waals surface area contributed by atoms with Gasteiger partial charge in [-0.3, -0.25) is 9.50 Å². The average molecular weight is 696 g/mol. The fourth-order valence-electron chi connectivity index (χ4n) is 4.26. The Morgan fingerprint density at radius 2 is 1.02 bits per heavy atom. The van der Waals surface area contributed by atoms with Crippen molar-refractivity contribution < 1.29 is 19.4 Å². The van der Waals surface area contributed by atoms with Crippen molar-refractivity contribution in [2.75, 3.05) is 62.2 Å². The Kier molecular flexibility index (Phi) is 19.6. The molecule has 0 unspecified atom stereocenters. The molecule has 2 aliphatic heterocycles. The van der Waals surface area contributed by atoms with Crippen LogP contribution in [0.1, 0.15) is 11.1 Å². The van der Waals surface area contributed by atoms with Gasteiger partial charge in [0.25, 0.3) is 5.91 Å². The van der Waals surface area contributed by atoms with Crippen LogP contribution in [0.3, 0.4) is 0 Å². The van der Waals surface area contributed by atoms with Gasteiger partial charge >= 0.3 is 5.97 Å². The first-order valence-electron chi connectivity index (χ1n) is 14.5. The number of hydrogen-bond donors (Lipinski definition) is 2. The van der Waals surface area contributed by atoms with Crippen molar-refractivity contribution >= 4 is 48.6 Å². The summed E-state index contributed by atoms with van der Waals surface area (Å²) in [5.41, 5.74) is 1.57. The van der Waals surface area contributed by atoms with Crippen LogP contribution in [0, 0.1) is 23.7 Å². The van der Waals surface area contributed by atoms with Gasteiger partial charge in [0.1, 0.15) is 0 Å². The Morgan fingerprint density at radius 1 is 0.604 bits per heavy atom. The van der Waals surface area contributed by atoms with Crippen LogP contribution in [0.5, 0.6) is 0 Å². The van der Waals surface area contributed by atoms with Gasteiger partial charge in [-0.05, 0) is 36.4 Å². The number of carboxylic acid groups (broad SMARTS) is 1. The number of halogens is 3. The first-order chi connectivity index (χ1) is 22.1. The van der Waals surface area contributed by atoms with Crippen LogP contribution in [0.25, 0.3) is 0 Å². The first kappa shape index (κ1) is 40.8. The summed E-state index contributed by atoms with van der Waals surface area (Å²) >= 11 is 0. The van der Waals surface area contributed by atoms with Gasteiger partial charge in [0.05, 0.1) is 0 Å². The van der Waals surface area contributed by atoms with Crippen LogP contribution < -0.4 is 15.1 Å². The second-order valence-electron chi connectivity index (χ2n) is 9.65. The van der Waals surface area contributed by atoms with E-state index in [4.69, 9.17) is 5.11 Å².